The maximum Gasteiger partial charge on any atom is 0.407 e. The largest absolute Gasteiger partial charge is 0.492 e. The molecule has 1 aliphatic carbocycles. The Morgan fingerprint density at radius 2 is 1.91 bits per heavy atom. The molecule has 122 valence electrons. The van der Waals surface area contributed by atoms with E-state index in [1.807, 2.05) is 45.0 Å². The van der Waals surface area contributed by atoms with E-state index in [9.17, 15) is 4.79 Å². The van der Waals surface area contributed by atoms with E-state index in [2.05, 4.69) is 10.6 Å². The molecule has 1 amide bonds. The van der Waals surface area contributed by atoms with Crippen LogP contribution in [0.2, 0.25) is 0 Å². The summed E-state index contributed by atoms with van der Waals surface area (Å²) in [7, 11) is 0. The van der Waals surface area contributed by atoms with Gasteiger partial charge in [0, 0.05) is 11.7 Å². The molecule has 2 rings (SSSR count). The zero-order chi connectivity index (χ0) is 16.0. The summed E-state index contributed by atoms with van der Waals surface area (Å²) in [6.07, 6.45) is 3.42. The van der Waals surface area contributed by atoms with Gasteiger partial charge in [-0.05, 0) is 64.3 Å². The molecule has 2 N–H and O–H groups in total. The van der Waals surface area contributed by atoms with Crippen molar-refractivity contribution in [2.75, 3.05) is 18.5 Å². The van der Waals surface area contributed by atoms with Gasteiger partial charge in [0.05, 0.1) is 6.54 Å². The Morgan fingerprint density at radius 1 is 1.23 bits per heavy atom. The molecule has 0 radical (unpaired) electrons. The van der Waals surface area contributed by atoms with E-state index in [4.69, 9.17) is 9.47 Å². The molecule has 1 aromatic rings. The highest BCUT2D eigenvalue weighted by molar-refractivity contribution is 5.67. The predicted molar refractivity (Wildman–Crippen MR) is 87.4 cm³/mol. The SMILES string of the molecule is CC(C)(C)OC(=O)NCCOc1ccc(NC2CCC2)cc1. The molecule has 0 spiro atoms. The van der Waals surface area contributed by atoms with Gasteiger partial charge in [-0.15, -0.1) is 0 Å². The number of nitrogens with one attached hydrogen (secondary N) is 2. The molecular formula is C17H26N2O3. The Kier molecular flexibility index (Phi) is 5.52. The lowest BCUT2D eigenvalue weighted by molar-refractivity contribution is 0.0520. The van der Waals surface area contributed by atoms with Crippen molar-refractivity contribution in [3.05, 3.63) is 24.3 Å². The number of amides is 1. The van der Waals surface area contributed by atoms with Crippen LogP contribution in [-0.2, 0) is 4.74 Å². The van der Waals surface area contributed by atoms with Crippen molar-refractivity contribution in [2.45, 2.75) is 51.7 Å². The first-order chi connectivity index (χ1) is 10.4. The average Bonchev–Trinajstić information content (AvgIpc) is 2.38. The number of benzene rings is 1. The maximum atomic E-state index is 11.5. The number of rotatable bonds is 6. The number of hydrogen-bond donors (Lipinski definition) is 2. The third kappa shape index (κ3) is 5.84. The number of anilines is 1. The lowest BCUT2D eigenvalue weighted by Crippen LogP contribution is -2.34. The molecule has 0 unspecified atom stereocenters. The van der Waals surface area contributed by atoms with Gasteiger partial charge in [0.2, 0.25) is 0 Å². The van der Waals surface area contributed by atoms with Crippen molar-refractivity contribution in [2.24, 2.45) is 0 Å². The van der Waals surface area contributed by atoms with Gasteiger partial charge in [-0.1, -0.05) is 0 Å². The van der Waals surface area contributed by atoms with Crippen LogP contribution < -0.4 is 15.4 Å². The van der Waals surface area contributed by atoms with Gasteiger partial charge in [0.1, 0.15) is 18.0 Å². The lowest BCUT2D eigenvalue weighted by atomic mass is 9.93. The summed E-state index contributed by atoms with van der Waals surface area (Å²) in [6, 6.07) is 8.55. The van der Waals surface area contributed by atoms with Crippen LogP contribution in [0, 0.1) is 0 Å². The van der Waals surface area contributed by atoms with Gasteiger partial charge >= 0.3 is 6.09 Å². The molecule has 0 aromatic heterocycles. The van der Waals surface area contributed by atoms with E-state index >= 15 is 0 Å². The summed E-state index contributed by atoms with van der Waals surface area (Å²) >= 11 is 0. The topological polar surface area (TPSA) is 59.6 Å². The fourth-order valence-corrected chi connectivity index (χ4v) is 2.07. The maximum absolute atomic E-state index is 11.5. The van der Waals surface area contributed by atoms with Gasteiger partial charge in [-0.25, -0.2) is 4.79 Å². The first kappa shape index (κ1) is 16.5. The van der Waals surface area contributed by atoms with E-state index < -0.39 is 11.7 Å². The Bertz CT molecular complexity index is 476. The highest BCUT2D eigenvalue weighted by atomic mass is 16.6. The van der Waals surface area contributed by atoms with Gasteiger partial charge in [-0.2, -0.15) is 0 Å². The Hall–Kier alpha value is -1.91. The fourth-order valence-electron chi connectivity index (χ4n) is 2.07. The molecule has 22 heavy (non-hydrogen) atoms. The van der Waals surface area contributed by atoms with Crippen molar-refractivity contribution in [1.82, 2.24) is 5.32 Å². The summed E-state index contributed by atoms with van der Waals surface area (Å²) in [5, 5.41) is 6.14. The Morgan fingerprint density at radius 3 is 2.45 bits per heavy atom. The zero-order valence-electron chi connectivity index (χ0n) is 13.6. The van der Waals surface area contributed by atoms with Crippen molar-refractivity contribution >= 4 is 11.8 Å². The van der Waals surface area contributed by atoms with E-state index in [0.717, 1.165) is 11.4 Å². The molecular weight excluding hydrogens is 280 g/mol. The average molecular weight is 306 g/mol. The van der Waals surface area contributed by atoms with Crippen LogP contribution in [0.3, 0.4) is 0 Å². The number of carbonyl (C=O) groups is 1. The monoisotopic (exact) mass is 306 g/mol. The van der Waals surface area contributed by atoms with E-state index in [-0.39, 0.29) is 0 Å². The number of carbonyl (C=O) groups excluding carboxylic acids is 1. The van der Waals surface area contributed by atoms with Gasteiger partial charge in [-0.3, -0.25) is 0 Å². The molecule has 0 saturated heterocycles. The minimum Gasteiger partial charge on any atom is -0.492 e. The predicted octanol–water partition coefficient (Wildman–Crippen LogP) is 3.55. The third-order valence-corrected chi connectivity index (χ3v) is 3.37. The van der Waals surface area contributed by atoms with Crippen LogP contribution in [0.5, 0.6) is 5.75 Å². The van der Waals surface area contributed by atoms with Gasteiger partial charge < -0.3 is 20.1 Å². The molecule has 0 aliphatic heterocycles. The molecule has 5 heteroatoms. The van der Waals surface area contributed by atoms with Gasteiger partial charge in [0.25, 0.3) is 0 Å². The molecule has 0 atom stereocenters. The lowest BCUT2D eigenvalue weighted by Gasteiger charge is -2.27. The normalized spacial score (nSPS) is 14.9. The summed E-state index contributed by atoms with van der Waals surface area (Å²) in [6.45, 7) is 6.33. The number of alkyl carbamates (subject to hydrolysis) is 1. The van der Waals surface area contributed by atoms with Crippen molar-refractivity contribution < 1.29 is 14.3 Å². The van der Waals surface area contributed by atoms with Crippen LogP contribution >= 0.6 is 0 Å². The van der Waals surface area contributed by atoms with Crippen molar-refractivity contribution in [3.8, 4) is 5.75 Å². The Balaban J connectivity index is 1.63. The molecule has 1 saturated carbocycles. The first-order valence-corrected chi connectivity index (χ1v) is 7.89. The third-order valence-electron chi connectivity index (χ3n) is 3.37. The fraction of sp³-hybridized carbons (Fsp3) is 0.588. The highest BCUT2D eigenvalue weighted by Crippen LogP contribution is 2.24. The summed E-state index contributed by atoms with van der Waals surface area (Å²) in [5.74, 6) is 0.796. The molecule has 5 nitrogen and oxygen atoms in total. The zero-order valence-corrected chi connectivity index (χ0v) is 13.6. The highest BCUT2D eigenvalue weighted by Gasteiger charge is 2.17. The summed E-state index contributed by atoms with van der Waals surface area (Å²) in [4.78, 5) is 11.5. The molecule has 1 fully saturated rings. The van der Waals surface area contributed by atoms with Crippen LogP contribution in [0.15, 0.2) is 24.3 Å². The molecule has 1 aromatic carbocycles. The smallest absolute Gasteiger partial charge is 0.407 e. The van der Waals surface area contributed by atoms with Crippen LogP contribution in [0.25, 0.3) is 0 Å². The second kappa shape index (κ2) is 7.38. The minimum atomic E-state index is -0.478. The van der Waals surface area contributed by atoms with Crippen LogP contribution in [0.1, 0.15) is 40.0 Å². The molecule has 1 aliphatic rings. The van der Waals surface area contributed by atoms with Crippen molar-refractivity contribution in [1.29, 1.82) is 0 Å². The quantitative estimate of drug-likeness (QED) is 0.789. The summed E-state index contributed by atoms with van der Waals surface area (Å²) < 4.78 is 10.7. The van der Waals surface area contributed by atoms with Gasteiger partial charge in [0.15, 0.2) is 0 Å². The molecule has 0 bridgehead atoms. The first-order valence-electron chi connectivity index (χ1n) is 7.89. The van der Waals surface area contributed by atoms with Crippen molar-refractivity contribution in [3.63, 3.8) is 0 Å². The number of ether oxygens (including phenoxy) is 2. The number of hydrogen-bond acceptors (Lipinski definition) is 4. The van der Waals surface area contributed by atoms with Crippen LogP contribution in [-0.4, -0.2) is 30.9 Å². The molecule has 0 heterocycles. The van der Waals surface area contributed by atoms with Crippen LogP contribution in [0.4, 0.5) is 10.5 Å². The minimum absolute atomic E-state index is 0.411. The Labute approximate surface area is 132 Å². The second-order valence-electron chi connectivity index (χ2n) is 6.57. The summed E-state index contributed by atoms with van der Waals surface area (Å²) in [5.41, 5.74) is 0.651. The van der Waals surface area contributed by atoms with E-state index in [0.29, 0.717) is 19.2 Å². The second-order valence-corrected chi connectivity index (χ2v) is 6.57. The van der Waals surface area contributed by atoms with E-state index in [1.54, 1.807) is 0 Å². The van der Waals surface area contributed by atoms with E-state index in [1.165, 1.54) is 19.3 Å². The standard InChI is InChI=1S/C17H26N2O3/c1-17(2,3)22-16(20)18-11-12-21-15-9-7-14(8-10-15)19-13-5-4-6-13/h7-10,13,19H,4-6,11-12H2,1-3H3,(H,18,20).